The maximum absolute atomic E-state index is 12.0. The molecule has 0 aliphatic carbocycles. The van der Waals surface area contributed by atoms with Crippen molar-refractivity contribution in [2.75, 3.05) is 47.8 Å². The second-order valence-electron chi connectivity index (χ2n) is 8.77. The Morgan fingerprint density at radius 2 is 1.51 bits per heavy atom. The van der Waals surface area contributed by atoms with E-state index in [1.807, 2.05) is 53.7 Å². The van der Waals surface area contributed by atoms with Gasteiger partial charge >= 0.3 is 7.60 Å². The van der Waals surface area contributed by atoms with Crippen LogP contribution in [0.2, 0.25) is 0 Å². The molecule has 0 saturated heterocycles. The van der Waals surface area contributed by atoms with Crippen LogP contribution in [-0.4, -0.2) is 65.5 Å². The van der Waals surface area contributed by atoms with Gasteiger partial charge in [0.25, 0.3) is 0 Å². The number of rotatable bonds is 15. The fraction of sp³-hybridized carbons (Fsp3) is 0.613. The average Bonchev–Trinajstić information content (AvgIpc) is 2.94. The van der Waals surface area contributed by atoms with Crippen molar-refractivity contribution in [3.63, 3.8) is 0 Å². The Bertz CT molecular complexity index is 942. The van der Waals surface area contributed by atoms with E-state index in [-0.39, 0.29) is 30.0 Å². The molecule has 0 aliphatic rings. The third kappa shape index (κ3) is 18.0. The standard InChI is InChI=1S/C16H22O4.C11H21O4P.C2H6O.C2H6/c1-10(2)6-7-12-15(18)13(8-17)14(9-19-4)11(3)16(12)20-5;1-4-14-16(13,15-5-2)9-7-6-8-11(3)10-12;1-3-2;1-2/h6,8,18H,7,9H2,1-5H3;6-7,10-11H,4-5,8-9H2,1-3H3;1-2H3;1-2H3/b;7-6+;;. The molecule has 0 aromatic heterocycles. The molecule has 9 nitrogen and oxygen atoms in total. The molecule has 0 aliphatic heterocycles. The normalized spacial score (nSPS) is 11.1. The van der Waals surface area contributed by atoms with E-state index in [0.29, 0.717) is 49.2 Å². The van der Waals surface area contributed by atoms with E-state index in [4.69, 9.17) is 18.5 Å². The minimum atomic E-state index is -2.96. The third-order valence-corrected chi connectivity index (χ3v) is 7.11. The van der Waals surface area contributed by atoms with Crippen molar-refractivity contribution in [1.29, 1.82) is 0 Å². The SMILES string of the molecule is CC.CCOP(=O)(C/C=C/CC(C)C=O)OCC.COC.COCc1c(C)c(OC)c(CC=C(C)C)c(O)c1C=O. The smallest absolute Gasteiger partial charge is 0.334 e. The molecule has 41 heavy (non-hydrogen) atoms. The molecule has 0 saturated carbocycles. The van der Waals surface area contributed by atoms with Gasteiger partial charge in [-0.05, 0) is 58.6 Å². The van der Waals surface area contributed by atoms with Gasteiger partial charge in [0, 0.05) is 32.8 Å². The highest BCUT2D eigenvalue weighted by atomic mass is 31.2. The van der Waals surface area contributed by atoms with Crippen LogP contribution in [0.3, 0.4) is 0 Å². The van der Waals surface area contributed by atoms with Gasteiger partial charge < -0.3 is 33.2 Å². The molecule has 238 valence electrons. The maximum atomic E-state index is 12.0. The van der Waals surface area contributed by atoms with Crippen LogP contribution in [0, 0.1) is 12.8 Å². The second kappa shape index (κ2) is 26.6. The van der Waals surface area contributed by atoms with Gasteiger partial charge in [-0.15, -0.1) is 0 Å². The van der Waals surface area contributed by atoms with Gasteiger partial charge in [-0.3, -0.25) is 9.36 Å². The molecule has 1 aromatic carbocycles. The third-order valence-electron chi connectivity index (χ3n) is 5.15. The molecule has 10 heteroatoms. The highest BCUT2D eigenvalue weighted by Gasteiger charge is 2.22. The monoisotopic (exact) mass is 602 g/mol. The molecule has 1 N–H and O–H groups in total. The number of aromatic hydroxyl groups is 1. The van der Waals surface area contributed by atoms with Gasteiger partial charge in [0.15, 0.2) is 6.29 Å². The topological polar surface area (TPSA) is 118 Å². The number of hydrogen-bond donors (Lipinski definition) is 1. The molecule has 1 rings (SSSR count). The van der Waals surface area contributed by atoms with E-state index in [1.54, 1.807) is 48.4 Å². The van der Waals surface area contributed by atoms with E-state index in [1.165, 1.54) is 0 Å². The number of hydrogen-bond acceptors (Lipinski definition) is 9. The van der Waals surface area contributed by atoms with Gasteiger partial charge in [-0.1, -0.05) is 44.6 Å². The highest BCUT2D eigenvalue weighted by Crippen LogP contribution is 2.47. The Morgan fingerprint density at radius 3 is 1.90 bits per heavy atom. The minimum absolute atomic E-state index is 0.00479. The zero-order chi connectivity index (χ0) is 32.4. The number of aldehydes is 2. The van der Waals surface area contributed by atoms with Gasteiger partial charge in [0.1, 0.15) is 17.8 Å². The number of benzene rings is 1. The number of phenols is 1. The Labute approximate surface area is 248 Å². The first-order valence-electron chi connectivity index (χ1n) is 13.8. The molecule has 0 bridgehead atoms. The van der Waals surface area contributed by atoms with Gasteiger partial charge in [0.05, 0.1) is 38.7 Å². The second-order valence-corrected chi connectivity index (χ2v) is 10.9. The molecule has 1 atom stereocenters. The van der Waals surface area contributed by atoms with Crippen molar-refractivity contribution in [1.82, 2.24) is 0 Å². The molecule has 1 aromatic rings. The lowest BCUT2D eigenvalue weighted by Gasteiger charge is -2.18. The molecular formula is C31H55O9P. The number of allylic oxidation sites excluding steroid dienone is 4. The van der Waals surface area contributed by atoms with Crippen LogP contribution in [0.25, 0.3) is 0 Å². The van der Waals surface area contributed by atoms with Crippen molar-refractivity contribution >= 4 is 20.2 Å². The van der Waals surface area contributed by atoms with Crippen LogP contribution in [0.5, 0.6) is 11.5 Å². The van der Waals surface area contributed by atoms with Crippen molar-refractivity contribution in [3.8, 4) is 11.5 Å². The van der Waals surface area contributed by atoms with Gasteiger partial charge in [-0.2, -0.15) is 0 Å². The lowest BCUT2D eigenvalue weighted by atomic mass is 9.94. The van der Waals surface area contributed by atoms with E-state index < -0.39 is 7.60 Å². The highest BCUT2D eigenvalue weighted by molar-refractivity contribution is 7.54. The summed E-state index contributed by atoms with van der Waals surface area (Å²) in [6, 6.07) is 0. The van der Waals surface area contributed by atoms with E-state index in [0.717, 1.165) is 17.4 Å². The summed E-state index contributed by atoms with van der Waals surface area (Å²) in [5, 5.41) is 10.3. The summed E-state index contributed by atoms with van der Waals surface area (Å²) < 4.78 is 37.0. The van der Waals surface area contributed by atoms with Crippen molar-refractivity contribution in [3.05, 3.63) is 46.1 Å². The van der Waals surface area contributed by atoms with Crippen molar-refractivity contribution in [2.45, 2.75) is 74.8 Å². The van der Waals surface area contributed by atoms with Crippen LogP contribution >= 0.6 is 7.60 Å². The summed E-state index contributed by atoms with van der Waals surface area (Å²) >= 11 is 0. The quantitative estimate of drug-likeness (QED) is 0.124. The Kier molecular flexibility index (Phi) is 28.0. The average molecular weight is 603 g/mol. The maximum Gasteiger partial charge on any atom is 0.334 e. The summed E-state index contributed by atoms with van der Waals surface area (Å²) in [6.45, 7) is 16.2. The summed E-state index contributed by atoms with van der Waals surface area (Å²) in [5.74, 6) is 0.583. The van der Waals surface area contributed by atoms with Crippen LogP contribution < -0.4 is 4.74 Å². The largest absolute Gasteiger partial charge is 0.507 e. The predicted molar refractivity (Wildman–Crippen MR) is 168 cm³/mol. The van der Waals surface area contributed by atoms with Gasteiger partial charge in [0.2, 0.25) is 0 Å². The fourth-order valence-electron chi connectivity index (χ4n) is 3.31. The molecule has 0 spiro atoms. The van der Waals surface area contributed by atoms with Crippen LogP contribution in [0.1, 0.15) is 81.9 Å². The zero-order valence-electron chi connectivity index (χ0n) is 27.4. The number of carbonyl (C=O) groups is 2. The number of ether oxygens (including phenoxy) is 3. The first kappa shape index (κ1) is 43.2. The first-order valence-corrected chi connectivity index (χ1v) is 15.6. The molecule has 0 radical (unpaired) electrons. The predicted octanol–water partition coefficient (Wildman–Crippen LogP) is 7.50. The Morgan fingerprint density at radius 1 is 0.976 bits per heavy atom. The zero-order valence-corrected chi connectivity index (χ0v) is 28.3. The molecular weight excluding hydrogens is 547 g/mol. The minimum Gasteiger partial charge on any atom is -0.507 e. The van der Waals surface area contributed by atoms with Crippen LogP contribution in [0.15, 0.2) is 23.8 Å². The van der Waals surface area contributed by atoms with E-state index in [9.17, 15) is 19.3 Å². The number of phenolic OH excluding ortho intramolecular Hbond substituents is 1. The summed E-state index contributed by atoms with van der Waals surface area (Å²) in [7, 11) is 3.40. The first-order chi connectivity index (χ1) is 19.5. The lowest BCUT2D eigenvalue weighted by molar-refractivity contribution is -0.110. The van der Waals surface area contributed by atoms with Crippen LogP contribution in [0.4, 0.5) is 0 Å². The molecule has 0 heterocycles. The summed E-state index contributed by atoms with van der Waals surface area (Å²) in [4.78, 5) is 21.7. The van der Waals surface area contributed by atoms with Crippen LogP contribution in [-0.2, 0) is 40.9 Å². The van der Waals surface area contributed by atoms with Crippen molar-refractivity contribution in [2.24, 2.45) is 5.92 Å². The van der Waals surface area contributed by atoms with Crippen molar-refractivity contribution < 1.29 is 42.5 Å². The van der Waals surface area contributed by atoms with E-state index in [2.05, 4.69) is 4.74 Å². The summed E-state index contributed by atoms with van der Waals surface area (Å²) in [5.41, 5.74) is 3.54. The molecule has 0 fully saturated rings. The number of methoxy groups -OCH3 is 3. The number of carbonyl (C=O) groups excluding carboxylic acids is 2. The molecule has 0 amide bonds. The Hall–Kier alpha value is -2.29. The molecule has 1 unspecified atom stereocenters. The summed E-state index contributed by atoms with van der Waals surface area (Å²) in [6.07, 6.45) is 8.59. The Balaban J connectivity index is -0.000000620. The fourth-order valence-corrected chi connectivity index (χ4v) is 4.79. The lowest BCUT2D eigenvalue weighted by Crippen LogP contribution is -2.05. The van der Waals surface area contributed by atoms with Gasteiger partial charge in [-0.25, -0.2) is 0 Å². The van der Waals surface area contributed by atoms with E-state index >= 15 is 0 Å².